The maximum atomic E-state index is 13.2. The molecular formula is C42H54N10O3S. The summed E-state index contributed by atoms with van der Waals surface area (Å²) >= 11 is 1.91. The third-order valence-electron chi connectivity index (χ3n) is 11.3. The summed E-state index contributed by atoms with van der Waals surface area (Å²) in [5.74, 6) is 1.07. The smallest absolute Gasteiger partial charge is 0.315 e. The van der Waals surface area contributed by atoms with E-state index in [1.807, 2.05) is 11.8 Å². The zero-order valence-corrected chi connectivity index (χ0v) is 32.5. The first-order valence-corrected chi connectivity index (χ1v) is 21.3. The molecule has 13 nitrogen and oxygen atoms in total. The van der Waals surface area contributed by atoms with Gasteiger partial charge in [-0.15, -0.1) is 0 Å². The van der Waals surface area contributed by atoms with E-state index in [9.17, 15) is 14.4 Å². The highest BCUT2D eigenvalue weighted by atomic mass is 32.2. The molecule has 0 radical (unpaired) electrons. The van der Waals surface area contributed by atoms with E-state index in [-0.39, 0.29) is 48.3 Å². The van der Waals surface area contributed by atoms with Crippen LogP contribution in [0.3, 0.4) is 0 Å². The van der Waals surface area contributed by atoms with Gasteiger partial charge in [0.25, 0.3) is 0 Å². The number of benzene rings is 4. The first-order valence-electron chi connectivity index (χ1n) is 20.2. The number of anilines is 2. The molecule has 4 heterocycles. The predicted molar refractivity (Wildman–Crippen MR) is 225 cm³/mol. The number of rotatable bonds is 20. The molecule has 4 aromatic carbocycles. The van der Waals surface area contributed by atoms with Crippen molar-refractivity contribution in [3.8, 4) is 0 Å². The van der Waals surface area contributed by atoms with Gasteiger partial charge in [0.2, 0.25) is 11.8 Å². The number of unbranched alkanes of at least 4 members (excludes halogenated alkanes) is 3. The molecule has 8 rings (SSSR count). The zero-order valence-electron chi connectivity index (χ0n) is 31.7. The van der Waals surface area contributed by atoms with Crippen LogP contribution in [0.1, 0.15) is 74.8 Å². The van der Waals surface area contributed by atoms with E-state index in [1.54, 1.807) is 0 Å². The Morgan fingerprint density at radius 3 is 1.98 bits per heavy atom. The first-order chi connectivity index (χ1) is 27.4. The summed E-state index contributed by atoms with van der Waals surface area (Å²) in [6.07, 6.45) is 6.72. The van der Waals surface area contributed by atoms with Gasteiger partial charge in [0.05, 0.1) is 24.3 Å². The second-order valence-electron chi connectivity index (χ2n) is 15.4. The molecule has 0 spiro atoms. The van der Waals surface area contributed by atoms with Gasteiger partial charge >= 0.3 is 6.03 Å². The summed E-state index contributed by atoms with van der Waals surface area (Å²) in [5, 5.41) is 31.4. The maximum Gasteiger partial charge on any atom is 0.315 e. The molecule has 4 aliphatic heterocycles. The molecule has 296 valence electrons. The number of hydrazine groups is 1. The maximum absolute atomic E-state index is 13.2. The Morgan fingerprint density at radius 1 is 0.696 bits per heavy atom. The average molecular weight is 779 g/mol. The minimum atomic E-state index is -0.150. The normalized spacial score (nSPS) is 20.9. The van der Waals surface area contributed by atoms with Crippen molar-refractivity contribution in [1.82, 2.24) is 42.8 Å². The Balaban J connectivity index is 0.775. The van der Waals surface area contributed by atoms with Crippen molar-refractivity contribution in [3.63, 3.8) is 0 Å². The average Bonchev–Trinajstić information content (AvgIpc) is 3.88. The van der Waals surface area contributed by atoms with E-state index < -0.39 is 0 Å². The number of carbonyl (C=O) groups is 3. The van der Waals surface area contributed by atoms with Crippen molar-refractivity contribution in [1.29, 1.82) is 0 Å². The van der Waals surface area contributed by atoms with Crippen molar-refractivity contribution < 1.29 is 14.4 Å². The number of fused-ring (bicyclic) bond motifs is 3. The Bertz CT molecular complexity index is 2020. The van der Waals surface area contributed by atoms with E-state index in [0.29, 0.717) is 37.7 Å². The van der Waals surface area contributed by atoms with Gasteiger partial charge in [-0.05, 0) is 94.8 Å². The molecule has 4 fully saturated rings. The number of hydrogen-bond donors (Lipinski definition) is 10. The lowest BCUT2D eigenvalue weighted by Gasteiger charge is -2.30. The summed E-state index contributed by atoms with van der Waals surface area (Å²) < 4.78 is 0. The molecule has 4 saturated heterocycles. The third kappa shape index (κ3) is 10.0. The van der Waals surface area contributed by atoms with Crippen LogP contribution in [0.15, 0.2) is 72.8 Å². The SMILES string of the molecule is O=C(CCCC[C@H]1SC[C@H]2NC(=O)N[C@H]21)NCCCCCC(=O)NC(CNc1ccc2cc(C3NCN3)ccc2c1)CNc1ccc2cc(C3NN3)ccc2c1. The zero-order chi connectivity index (χ0) is 38.3. The van der Waals surface area contributed by atoms with Gasteiger partial charge in [0.15, 0.2) is 0 Å². The van der Waals surface area contributed by atoms with Gasteiger partial charge in [0, 0.05) is 61.5 Å². The Labute approximate surface area is 332 Å². The molecule has 4 amide bonds. The van der Waals surface area contributed by atoms with Gasteiger partial charge < -0.3 is 31.9 Å². The molecule has 0 saturated carbocycles. The third-order valence-corrected chi connectivity index (χ3v) is 12.8. The molecule has 0 aliphatic carbocycles. The van der Waals surface area contributed by atoms with Crippen LogP contribution in [0.25, 0.3) is 21.5 Å². The fraction of sp³-hybridized carbons (Fsp3) is 0.452. The molecular weight excluding hydrogens is 725 g/mol. The minimum absolute atomic E-state index is 0.0277. The second kappa shape index (κ2) is 18.1. The van der Waals surface area contributed by atoms with Gasteiger partial charge in [-0.3, -0.25) is 20.2 Å². The lowest BCUT2D eigenvalue weighted by Crippen LogP contribution is -2.51. The van der Waals surface area contributed by atoms with E-state index in [4.69, 9.17) is 0 Å². The van der Waals surface area contributed by atoms with Gasteiger partial charge in [0.1, 0.15) is 6.17 Å². The number of urea groups is 1. The van der Waals surface area contributed by atoms with E-state index in [2.05, 4.69) is 126 Å². The van der Waals surface area contributed by atoms with E-state index >= 15 is 0 Å². The second-order valence-corrected chi connectivity index (χ2v) is 16.7. The Morgan fingerprint density at radius 2 is 1.32 bits per heavy atom. The highest BCUT2D eigenvalue weighted by Crippen LogP contribution is 2.33. The molecule has 1 unspecified atom stereocenters. The molecule has 10 N–H and O–H groups in total. The molecule has 0 aromatic heterocycles. The molecule has 4 aromatic rings. The van der Waals surface area contributed by atoms with Crippen LogP contribution >= 0.6 is 11.8 Å². The number of hydrogen-bond acceptors (Lipinski definition) is 10. The molecule has 4 aliphatic rings. The lowest BCUT2D eigenvalue weighted by molar-refractivity contribution is -0.122. The van der Waals surface area contributed by atoms with Crippen LogP contribution in [0.2, 0.25) is 0 Å². The highest BCUT2D eigenvalue weighted by molar-refractivity contribution is 8.00. The summed E-state index contributed by atoms with van der Waals surface area (Å²) in [6, 6.07) is 26.1. The largest absolute Gasteiger partial charge is 0.383 e. The number of carbonyl (C=O) groups excluding carboxylic acids is 3. The van der Waals surface area contributed by atoms with Crippen molar-refractivity contribution in [2.45, 2.75) is 87.1 Å². The summed E-state index contributed by atoms with van der Waals surface area (Å²) in [4.78, 5) is 37.2. The van der Waals surface area contributed by atoms with Crippen LogP contribution in [0, 0.1) is 0 Å². The summed E-state index contributed by atoms with van der Waals surface area (Å²) in [5.41, 5.74) is 10.7. The van der Waals surface area contributed by atoms with Gasteiger partial charge in [-0.2, -0.15) is 11.8 Å². The van der Waals surface area contributed by atoms with Crippen LogP contribution in [0.4, 0.5) is 16.2 Å². The highest BCUT2D eigenvalue weighted by Gasteiger charge is 2.42. The number of amides is 4. The van der Waals surface area contributed by atoms with E-state index in [0.717, 1.165) is 73.1 Å². The molecule has 14 heteroatoms. The fourth-order valence-corrected chi connectivity index (χ4v) is 9.43. The number of thioether (sulfide) groups is 1. The van der Waals surface area contributed by atoms with Crippen LogP contribution < -0.4 is 53.4 Å². The fourth-order valence-electron chi connectivity index (χ4n) is 7.89. The quantitative estimate of drug-likeness (QED) is 0.0343. The topological polar surface area (TPSA) is 191 Å². The van der Waals surface area contributed by atoms with Crippen molar-refractivity contribution in [2.24, 2.45) is 0 Å². The standard InChI is InChI=1S/C42H54N10O3S/c53-37(7-4-3-6-36-39-35(24-56-36)49-42(55)50-39)43-17-5-1-2-8-38(54)48-34(23-45-33-16-14-27-19-31(41-51-52-41)12-10-29(27)21-33)22-44-32-15-13-26-18-30(40-46-25-47-40)11-9-28(26)20-32/h9-16,18-21,34-36,39-41,44-47,51-52H,1-8,17,22-25H2,(H,43,53)(H,48,54)(H2,49,50,55)/t34?,35-,36-,39-/m1/s1. The lowest BCUT2D eigenvalue weighted by atomic mass is 10.0. The van der Waals surface area contributed by atoms with E-state index in [1.165, 1.54) is 21.9 Å². The number of nitrogens with one attached hydrogen (secondary N) is 10. The monoisotopic (exact) mass is 778 g/mol. The van der Waals surface area contributed by atoms with Crippen LogP contribution in [-0.2, 0) is 9.59 Å². The van der Waals surface area contributed by atoms with Gasteiger partial charge in [-0.1, -0.05) is 49.2 Å². The summed E-state index contributed by atoms with van der Waals surface area (Å²) in [7, 11) is 0. The predicted octanol–water partition coefficient (Wildman–Crippen LogP) is 4.66. The van der Waals surface area contributed by atoms with Crippen LogP contribution in [0.5, 0.6) is 0 Å². The van der Waals surface area contributed by atoms with Crippen LogP contribution in [-0.4, -0.2) is 73.3 Å². The molecule has 56 heavy (non-hydrogen) atoms. The molecule has 4 atom stereocenters. The van der Waals surface area contributed by atoms with Gasteiger partial charge in [-0.25, -0.2) is 15.6 Å². The molecule has 0 bridgehead atoms. The first kappa shape index (κ1) is 38.3. The Hall–Kier alpha value is -4.60. The van der Waals surface area contributed by atoms with Crippen molar-refractivity contribution >= 4 is 62.5 Å². The minimum Gasteiger partial charge on any atom is -0.383 e. The van der Waals surface area contributed by atoms with Crippen molar-refractivity contribution in [3.05, 3.63) is 83.9 Å². The Kier molecular flexibility index (Phi) is 12.4. The summed E-state index contributed by atoms with van der Waals surface area (Å²) in [6.45, 7) is 2.59. The van der Waals surface area contributed by atoms with Crippen molar-refractivity contribution in [2.75, 3.05) is 42.7 Å².